The molecule has 0 N–H and O–H groups in total. The van der Waals surface area contributed by atoms with Crippen molar-refractivity contribution in [3.63, 3.8) is 0 Å². The van der Waals surface area contributed by atoms with E-state index >= 15 is 0 Å². The Morgan fingerprint density at radius 2 is 2.27 bits per heavy atom. The first-order chi connectivity index (χ1) is 7.13. The van der Waals surface area contributed by atoms with Gasteiger partial charge < -0.3 is 9.30 Å². The molecule has 0 spiro atoms. The number of hydrogen-bond acceptors (Lipinski definition) is 4. The Kier molecular flexibility index (Phi) is 2.79. The zero-order chi connectivity index (χ0) is 11.0. The summed E-state index contributed by atoms with van der Waals surface area (Å²) in [6.07, 6.45) is 0. The van der Waals surface area contributed by atoms with E-state index in [2.05, 4.69) is 25.8 Å². The van der Waals surface area contributed by atoms with Crippen molar-refractivity contribution in [2.24, 2.45) is 0 Å². The van der Waals surface area contributed by atoms with Crippen LogP contribution in [0.5, 0.6) is 0 Å². The van der Waals surface area contributed by atoms with Gasteiger partial charge in [0.1, 0.15) is 0 Å². The minimum absolute atomic E-state index is 0.375. The summed E-state index contributed by atoms with van der Waals surface area (Å²) in [5.74, 6) is -0.375. The molecule has 1 aliphatic rings. The van der Waals surface area contributed by atoms with E-state index in [1.807, 2.05) is 11.6 Å². The molecule has 0 aromatic carbocycles. The molecule has 0 saturated carbocycles. The van der Waals surface area contributed by atoms with Gasteiger partial charge in [-0.1, -0.05) is 0 Å². The SMILES string of the molecule is COC(=O)c1nc(Br)n2c1CN(C)CC2. The number of halogens is 1. The van der Waals surface area contributed by atoms with Crippen LogP contribution in [0.3, 0.4) is 0 Å². The maximum atomic E-state index is 11.5. The predicted octanol–water partition coefficient (Wildman–Crippen LogP) is 0.878. The smallest absolute Gasteiger partial charge is 0.358 e. The molecule has 1 aromatic heterocycles. The number of rotatable bonds is 1. The van der Waals surface area contributed by atoms with E-state index in [4.69, 9.17) is 4.74 Å². The Hall–Kier alpha value is -0.880. The highest BCUT2D eigenvalue weighted by atomic mass is 79.9. The van der Waals surface area contributed by atoms with Crippen molar-refractivity contribution in [2.45, 2.75) is 13.1 Å². The van der Waals surface area contributed by atoms with E-state index < -0.39 is 0 Å². The molecule has 2 rings (SSSR count). The van der Waals surface area contributed by atoms with E-state index in [0.717, 1.165) is 25.3 Å². The summed E-state index contributed by atoms with van der Waals surface area (Å²) in [6, 6.07) is 0. The lowest BCUT2D eigenvalue weighted by Gasteiger charge is -2.24. The highest BCUT2D eigenvalue weighted by molar-refractivity contribution is 9.10. The summed E-state index contributed by atoms with van der Waals surface area (Å²) in [5, 5.41) is 0. The minimum atomic E-state index is -0.375. The van der Waals surface area contributed by atoms with Crippen molar-refractivity contribution < 1.29 is 9.53 Å². The molecule has 1 aliphatic heterocycles. The topological polar surface area (TPSA) is 47.4 Å². The number of likely N-dealkylation sites (N-methyl/N-ethyl adjacent to an activating group) is 1. The first-order valence-electron chi connectivity index (χ1n) is 4.65. The van der Waals surface area contributed by atoms with Gasteiger partial charge in [0.2, 0.25) is 0 Å². The fraction of sp³-hybridized carbons (Fsp3) is 0.556. The quantitative estimate of drug-likeness (QED) is 0.713. The third kappa shape index (κ3) is 1.79. The largest absolute Gasteiger partial charge is 0.464 e. The first kappa shape index (κ1) is 10.6. The van der Waals surface area contributed by atoms with Gasteiger partial charge in [0.15, 0.2) is 10.4 Å². The number of esters is 1. The number of aromatic nitrogens is 2. The Bertz CT molecular complexity index is 402. The van der Waals surface area contributed by atoms with Crippen LogP contribution in [0.1, 0.15) is 16.2 Å². The van der Waals surface area contributed by atoms with Crippen LogP contribution in [0.2, 0.25) is 0 Å². The predicted molar refractivity (Wildman–Crippen MR) is 57.6 cm³/mol. The molecule has 0 amide bonds. The molecule has 0 aliphatic carbocycles. The number of ether oxygens (including phenoxy) is 1. The number of carbonyl (C=O) groups excluding carboxylic acids is 1. The fourth-order valence-electron chi connectivity index (χ4n) is 1.71. The van der Waals surface area contributed by atoms with Crippen molar-refractivity contribution in [3.05, 3.63) is 16.1 Å². The Morgan fingerprint density at radius 3 is 2.93 bits per heavy atom. The lowest BCUT2D eigenvalue weighted by molar-refractivity contribution is 0.0591. The Morgan fingerprint density at radius 1 is 1.53 bits per heavy atom. The number of hydrogen-bond donors (Lipinski definition) is 0. The maximum absolute atomic E-state index is 11.5. The zero-order valence-corrected chi connectivity index (χ0v) is 10.2. The Balaban J connectivity index is 2.45. The number of fused-ring (bicyclic) bond motifs is 1. The lowest BCUT2D eigenvalue weighted by Crippen LogP contribution is -2.31. The van der Waals surface area contributed by atoms with Gasteiger partial charge in [0.05, 0.1) is 12.8 Å². The van der Waals surface area contributed by atoms with Crippen LogP contribution in [0.15, 0.2) is 4.73 Å². The van der Waals surface area contributed by atoms with E-state index in [1.165, 1.54) is 7.11 Å². The van der Waals surface area contributed by atoms with Crippen LogP contribution in [-0.2, 0) is 17.8 Å². The summed E-state index contributed by atoms with van der Waals surface area (Å²) in [7, 11) is 3.39. The minimum Gasteiger partial charge on any atom is -0.464 e. The summed E-state index contributed by atoms with van der Waals surface area (Å²) in [5.41, 5.74) is 1.33. The monoisotopic (exact) mass is 273 g/mol. The summed E-state index contributed by atoms with van der Waals surface area (Å²) < 4.78 is 7.40. The van der Waals surface area contributed by atoms with E-state index in [-0.39, 0.29) is 5.97 Å². The van der Waals surface area contributed by atoms with Crippen LogP contribution in [0.25, 0.3) is 0 Å². The van der Waals surface area contributed by atoms with Crippen molar-refractivity contribution in [1.82, 2.24) is 14.5 Å². The van der Waals surface area contributed by atoms with Crippen molar-refractivity contribution in [2.75, 3.05) is 20.7 Å². The molecule has 0 saturated heterocycles. The first-order valence-corrected chi connectivity index (χ1v) is 5.44. The normalized spacial score (nSPS) is 16.2. The summed E-state index contributed by atoms with van der Waals surface area (Å²) >= 11 is 3.35. The van der Waals surface area contributed by atoms with Gasteiger partial charge in [-0.15, -0.1) is 0 Å². The third-order valence-electron chi connectivity index (χ3n) is 2.53. The number of methoxy groups -OCH3 is 1. The molecule has 82 valence electrons. The van der Waals surface area contributed by atoms with Crippen molar-refractivity contribution in [1.29, 1.82) is 0 Å². The van der Waals surface area contributed by atoms with Crippen LogP contribution in [0, 0.1) is 0 Å². The maximum Gasteiger partial charge on any atom is 0.358 e. The van der Waals surface area contributed by atoms with E-state index in [1.54, 1.807) is 0 Å². The molecule has 2 heterocycles. The molecule has 0 radical (unpaired) electrons. The summed E-state index contributed by atoms with van der Waals surface area (Å²) in [6.45, 7) is 2.53. The molecule has 0 bridgehead atoms. The molecule has 5 nitrogen and oxygen atoms in total. The van der Waals surface area contributed by atoms with Gasteiger partial charge in [0, 0.05) is 19.6 Å². The van der Waals surface area contributed by atoms with Crippen LogP contribution in [-0.4, -0.2) is 41.1 Å². The van der Waals surface area contributed by atoms with Gasteiger partial charge in [-0.25, -0.2) is 9.78 Å². The number of nitrogens with zero attached hydrogens (tertiary/aromatic N) is 3. The van der Waals surface area contributed by atoms with Crippen molar-refractivity contribution in [3.8, 4) is 0 Å². The highest BCUT2D eigenvalue weighted by Crippen LogP contribution is 2.22. The van der Waals surface area contributed by atoms with Gasteiger partial charge >= 0.3 is 5.97 Å². The second-order valence-electron chi connectivity index (χ2n) is 3.56. The number of carbonyl (C=O) groups is 1. The molecule has 0 unspecified atom stereocenters. The van der Waals surface area contributed by atoms with Gasteiger partial charge in [-0.05, 0) is 23.0 Å². The standard InChI is InChI=1S/C9H12BrN3O2/c1-12-3-4-13-6(5-12)7(8(14)15-2)11-9(13)10/h3-5H2,1-2H3. The zero-order valence-electron chi connectivity index (χ0n) is 8.66. The Labute approximate surface area is 96.2 Å². The van der Waals surface area contributed by atoms with Gasteiger partial charge in [-0.3, -0.25) is 4.90 Å². The fourth-order valence-corrected chi connectivity index (χ4v) is 2.28. The average Bonchev–Trinajstić information content (AvgIpc) is 2.54. The highest BCUT2D eigenvalue weighted by Gasteiger charge is 2.25. The van der Waals surface area contributed by atoms with Crippen molar-refractivity contribution >= 4 is 21.9 Å². The average molecular weight is 274 g/mol. The van der Waals surface area contributed by atoms with Gasteiger partial charge in [0.25, 0.3) is 0 Å². The van der Waals surface area contributed by atoms with Crippen LogP contribution >= 0.6 is 15.9 Å². The second kappa shape index (κ2) is 3.94. The third-order valence-corrected chi connectivity index (χ3v) is 3.14. The van der Waals surface area contributed by atoms with Crippen LogP contribution < -0.4 is 0 Å². The number of imidazole rings is 1. The van der Waals surface area contributed by atoms with Gasteiger partial charge in [-0.2, -0.15) is 0 Å². The van der Waals surface area contributed by atoms with Crippen LogP contribution in [0.4, 0.5) is 0 Å². The summed E-state index contributed by atoms with van der Waals surface area (Å²) in [4.78, 5) is 17.8. The molecular formula is C9H12BrN3O2. The molecular weight excluding hydrogens is 262 g/mol. The second-order valence-corrected chi connectivity index (χ2v) is 4.27. The lowest BCUT2D eigenvalue weighted by atomic mass is 10.2. The van der Waals surface area contributed by atoms with E-state index in [0.29, 0.717) is 10.4 Å². The molecule has 0 fully saturated rings. The van der Waals surface area contributed by atoms with E-state index in [9.17, 15) is 4.79 Å². The molecule has 6 heteroatoms. The molecule has 15 heavy (non-hydrogen) atoms. The molecule has 1 aromatic rings. The molecule has 0 atom stereocenters.